The van der Waals surface area contributed by atoms with Crippen LogP contribution in [0.15, 0.2) is 47.2 Å². The Morgan fingerprint density at radius 1 is 1.15 bits per heavy atom. The maximum Gasteiger partial charge on any atom is 0.150 e. The highest BCUT2D eigenvalue weighted by molar-refractivity contribution is 14.2. The van der Waals surface area contributed by atoms with Gasteiger partial charge in [0.25, 0.3) is 0 Å². The van der Waals surface area contributed by atoms with E-state index in [2.05, 4.69) is 21.1 Å². The Hall–Kier alpha value is -1.11. The summed E-state index contributed by atoms with van der Waals surface area (Å²) < 4.78 is 29.8. The van der Waals surface area contributed by atoms with Crippen molar-refractivity contribution in [2.45, 2.75) is 18.8 Å². The molecule has 2 aliphatic rings. The lowest BCUT2D eigenvalue weighted by Gasteiger charge is -2.19. The number of likely N-dealkylation sites (tertiary alicyclic amines) is 1. The zero-order valence-electron chi connectivity index (χ0n) is 10.8. The van der Waals surface area contributed by atoms with Gasteiger partial charge in [0, 0.05) is 6.42 Å². The van der Waals surface area contributed by atoms with Crippen LogP contribution in [0.2, 0.25) is 0 Å². The fourth-order valence-electron chi connectivity index (χ4n) is 2.28. The summed E-state index contributed by atoms with van der Waals surface area (Å²) in [6.07, 6.45) is -0.0407. The smallest absolute Gasteiger partial charge is 0.150 e. The van der Waals surface area contributed by atoms with Crippen LogP contribution >= 0.6 is 20.7 Å². The number of rotatable bonds is 3. The highest BCUT2D eigenvalue weighted by Gasteiger charge is 2.34. The molecule has 3 rings (SSSR count). The fourth-order valence-corrected chi connectivity index (χ4v) is 4.24. The Morgan fingerprint density at radius 3 is 2.55 bits per heavy atom. The van der Waals surface area contributed by atoms with Crippen LogP contribution in [0.5, 0.6) is 0 Å². The van der Waals surface area contributed by atoms with E-state index >= 15 is 0 Å². The van der Waals surface area contributed by atoms with Gasteiger partial charge in [0.15, 0.2) is 12.3 Å². The minimum Gasteiger partial charge on any atom is -0.351 e. The Morgan fingerprint density at radius 2 is 1.85 bits per heavy atom. The minimum atomic E-state index is -1.39. The molecular weight excluding hydrogens is 373 g/mol. The van der Waals surface area contributed by atoms with Crippen LogP contribution < -0.4 is 0 Å². The molecule has 0 spiro atoms. The lowest BCUT2D eigenvalue weighted by atomic mass is 10.2. The summed E-state index contributed by atoms with van der Waals surface area (Å²) >= 11 is -0.208. The molecule has 1 saturated heterocycles. The van der Waals surface area contributed by atoms with E-state index in [0.29, 0.717) is 5.82 Å². The van der Waals surface area contributed by atoms with Gasteiger partial charge < -0.3 is 4.90 Å². The Bertz CT molecular complexity index is 558. The summed E-state index contributed by atoms with van der Waals surface area (Å²) in [4.78, 5) is 6.32. The zero-order chi connectivity index (χ0) is 13.9. The number of halogens is 3. The third-order valence-electron chi connectivity index (χ3n) is 3.34. The van der Waals surface area contributed by atoms with Gasteiger partial charge in [-0.1, -0.05) is 51.1 Å². The van der Waals surface area contributed by atoms with Crippen molar-refractivity contribution >= 4 is 28.5 Å². The number of hydrogen-bond donors (Lipinski definition) is 0. The van der Waals surface area contributed by atoms with Crippen molar-refractivity contribution in [2.24, 2.45) is 4.99 Å². The average molecular weight is 388 g/mol. The molecule has 0 aromatic heterocycles. The molecule has 2 nitrogen and oxygen atoms in total. The first-order valence-electron chi connectivity index (χ1n) is 6.54. The summed E-state index contributed by atoms with van der Waals surface area (Å²) in [5.41, 5.74) is 1.23. The predicted octanol–water partition coefficient (Wildman–Crippen LogP) is 3.25. The van der Waals surface area contributed by atoms with E-state index in [1.165, 1.54) is 5.56 Å². The first-order valence-corrected chi connectivity index (χ1v) is 8.86. The summed E-state index contributed by atoms with van der Waals surface area (Å²) in [7, 11) is 0. The topological polar surface area (TPSA) is 15.6 Å². The van der Waals surface area contributed by atoms with Crippen LogP contribution in [0, 0.1) is 0 Å². The van der Waals surface area contributed by atoms with Crippen molar-refractivity contribution in [1.29, 1.82) is 0 Å². The second-order valence-electron chi connectivity index (χ2n) is 4.85. The van der Waals surface area contributed by atoms with Gasteiger partial charge in [0.1, 0.15) is 5.82 Å². The molecule has 2 atom stereocenters. The van der Waals surface area contributed by atoms with Crippen molar-refractivity contribution < 1.29 is 8.78 Å². The molecule has 0 saturated carbocycles. The van der Waals surface area contributed by atoms with E-state index < -0.39 is 12.3 Å². The quantitative estimate of drug-likeness (QED) is 0.726. The summed E-state index contributed by atoms with van der Waals surface area (Å²) in [6, 6.07) is 10.2. The lowest BCUT2D eigenvalue weighted by Crippen LogP contribution is -2.21. The average Bonchev–Trinajstić information content (AvgIpc) is 2.80. The van der Waals surface area contributed by atoms with Gasteiger partial charge in [0.05, 0.1) is 16.8 Å². The standard InChI is InChI=1S/C15H15F2IN2/c16-12-9-20(10-13(12)17)15-6-7-18-14(19-15)8-11-4-2-1-3-5-11/h1-7,12-13H,8-10H2/t12-,13-/m1/s1. The molecule has 5 heteroatoms. The highest BCUT2D eigenvalue weighted by Crippen LogP contribution is 2.24. The predicted molar refractivity (Wildman–Crippen MR) is 87.1 cm³/mol. The largest absolute Gasteiger partial charge is 0.351 e. The van der Waals surface area contributed by atoms with Gasteiger partial charge in [-0.2, -0.15) is 0 Å². The van der Waals surface area contributed by atoms with E-state index in [1.807, 2.05) is 24.3 Å². The van der Waals surface area contributed by atoms with E-state index in [1.54, 1.807) is 4.90 Å². The van der Waals surface area contributed by atoms with Crippen LogP contribution in [-0.2, 0) is 6.42 Å². The summed E-state index contributed by atoms with van der Waals surface area (Å²) in [5.74, 6) is 0.713. The molecule has 2 heterocycles. The van der Waals surface area contributed by atoms with E-state index in [-0.39, 0.29) is 33.8 Å². The first-order chi connectivity index (χ1) is 9.72. The van der Waals surface area contributed by atoms with Crippen LogP contribution in [-0.4, -0.2) is 38.1 Å². The Labute approximate surface area is 126 Å². The van der Waals surface area contributed by atoms with Crippen LogP contribution in [0.25, 0.3) is 0 Å². The molecular formula is C15H15F2IN2. The number of benzene rings is 1. The molecule has 0 N–H and O–H groups in total. The molecule has 2 aliphatic heterocycles. The van der Waals surface area contributed by atoms with Gasteiger partial charge in [-0.05, 0) is 15.7 Å². The number of aliphatic imine (C=N–C) groups is 1. The monoisotopic (exact) mass is 388 g/mol. The molecule has 0 radical (unpaired) electrons. The molecule has 106 valence electrons. The number of hydrogen-bond acceptors (Lipinski definition) is 2. The van der Waals surface area contributed by atoms with Crippen LogP contribution in [0.1, 0.15) is 5.56 Å². The van der Waals surface area contributed by atoms with Gasteiger partial charge in [-0.15, -0.1) is 0 Å². The molecule has 20 heavy (non-hydrogen) atoms. The second kappa shape index (κ2) is 6.11. The Kier molecular flexibility index (Phi) is 4.24. The molecule has 1 aromatic rings. The molecule has 1 aromatic carbocycles. The Balaban J connectivity index is 1.72. The third-order valence-corrected chi connectivity index (χ3v) is 5.40. The highest BCUT2D eigenvalue weighted by atomic mass is 127. The SMILES string of the molecule is F[C@@H]1CN(C2=CC=IC(Cc3ccccc3)=N2)C[C@H]1F. The third kappa shape index (κ3) is 3.13. The van der Waals surface area contributed by atoms with Crippen molar-refractivity contribution in [3.63, 3.8) is 0 Å². The van der Waals surface area contributed by atoms with E-state index in [0.717, 1.165) is 10.1 Å². The molecule has 0 aliphatic carbocycles. The summed E-state index contributed by atoms with van der Waals surface area (Å²) in [5, 5.41) is 0. The number of nitrogens with zero attached hydrogens (tertiary/aromatic N) is 2. The van der Waals surface area contributed by atoms with Gasteiger partial charge in [0.2, 0.25) is 0 Å². The van der Waals surface area contributed by atoms with Crippen LogP contribution in [0.4, 0.5) is 8.78 Å². The molecule has 0 bridgehead atoms. The van der Waals surface area contributed by atoms with Gasteiger partial charge >= 0.3 is 0 Å². The fraction of sp³-hybridized carbons (Fsp3) is 0.333. The molecule has 1 fully saturated rings. The van der Waals surface area contributed by atoms with Crippen molar-refractivity contribution in [3.8, 4) is 0 Å². The van der Waals surface area contributed by atoms with Gasteiger partial charge in [-0.3, -0.25) is 0 Å². The second-order valence-corrected chi connectivity index (χ2v) is 7.43. The number of allylic oxidation sites excluding steroid dienone is 1. The van der Waals surface area contributed by atoms with Crippen LogP contribution in [0.3, 0.4) is 0 Å². The molecule has 0 unspecified atom stereocenters. The van der Waals surface area contributed by atoms with E-state index in [4.69, 9.17) is 0 Å². The first kappa shape index (κ1) is 13.9. The normalized spacial score (nSPS) is 26.0. The zero-order valence-corrected chi connectivity index (χ0v) is 13.0. The molecule has 0 amide bonds. The lowest BCUT2D eigenvalue weighted by molar-refractivity contribution is 0.217. The maximum absolute atomic E-state index is 13.3. The minimum absolute atomic E-state index is 0.112. The van der Waals surface area contributed by atoms with Crippen molar-refractivity contribution in [1.82, 2.24) is 4.90 Å². The summed E-state index contributed by atoms with van der Waals surface area (Å²) in [6.45, 7) is 0.225. The van der Waals surface area contributed by atoms with E-state index in [9.17, 15) is 8.78 Å². The maximum atomic E-state index is 13.3. The van der Waals surface area contributed by atoms with Crippen molar-refractivity contribution in [2.75, 3.05) is 13.1 Å². The van der Waals surface area contributed by atoms with Gasteiger partial charge in [-0.25, -0.2) is 13.8 Å². The van der Waals surface area contributed by atoms with Crippen molar-refractivity contribution in [3.05, 3.63) is 47.8 Å². The number of alkyl halides is 2.